The van der Waals surface area contributed by atoms with Crippen molar-refractivity contribution in [3.05, 3.63) is 71.8 Å². The predicted molar refractivity (Wildman–Crippen MR) is 120 cm³/mol. The number of nitrogens with one attached hydrogen (secondary N) is 2. The lowest BCUT2D eigenvalue weighted by molar-refractivity contribution is -0.145. The van der Waals surface area contributed by atoms with E-state index in [9.17, 15) is 19.2 Å². The summed E-state index contributed by atoms with van der Waals surface area (Å²) in [5.74, 6) is -1.46. The Morgan fingerprint density at radius 3 is 1.32 bits per heavy atom. The molecule has 2 atom stereocenters. The molecule has 2 amide bonds. The normalized spacial score (nSPS) is 11.9. The third-order valence-electron chi connectivity index (χ3n) is 4.73. The summed E-state index contributed by atoms with van der Waals surface area (Å²) < 4.78 is 19.7. The number of hydrogen-bond donors (Lipinski definition) is 2. The van der Waals surface area contributed by atoms with Gasteiger partial charge >= 0.3 is 24.1 Å². The summed E-state index contributed by atoms with van der Waals surface area (Å²) in [6.07, 6.45) is -1.73. The Balaban J connectivity index is 1.90. The summed E-state index contributed by atoms with van der Waals surface area (Å²) in [5.41, 5.74) is 1.55. The standard InChI is InChI=1S/C24H28N2O8/c1-31-21(27)19(25-23(29)33-15-17-9-5-3-6-10-17)13-14-20(22(28)32-2)26-24(30)34-16-18-11-7-4-8-12-18/h3-12,19-20H,13-16H2,1-2H3,(H,25,29)(H,26,30)/t19-,20-/m0/s1. The molecule has 2 N–H and O–H groups in total. The molecule has 0 aliphatic carbocycles. The molecule has 0 radical (unpaired) electrons. The molecule has 2 aromatic carbocycles. The first-order valence-corrected chi connectivity index (χ1v) is 10.5. The second-order valence-corrected chi connectivity index (χ2v) is 7.14. The topological polar surface area (TPSA) is 129 Å². The summed E-state index contributed by atoms with van der Waals surface area (Å²) in [5, 5.41) is 4.84. The molecular weight excluding hydrogens is 444 g/mol. The predicted octanol–water partition coefficient (Wildman–Crippen LogP) is 2.70. The van der Waals surface area contributed by atoms with Crippen LogP contribution in [0.25, 0.3) is 0 Å². The number of carbonyl (C=O) groups excluding carboxylic acids is 4. The van der Waals surface area contributed by atoms with Gasteiger partial charge in [0.15, 0.2) is 0 Å². The number of hydrogen-bond acceptors (Lipinski definition) is 8. The Bertz CT molecular complexity index is 859. The van der Waals surface area contributed by atoms with E-state index in [0.717, 1.165) is 11.1 Å². The minimum absolute atomic E-state index is 0.0140. The number of ether oxygens (including phenoxy) is 4. The summed E-state index contributed by atoms with van der Waals surface area (Å²) in [7, 11) is 2.34. The van der Waals surface area contributed by atoms with Crippen LogP contribution in [0.1, 0.15) is 24.0 Å². The van der Waals surface area contributed by atoms with Crippen LogP contribution in [0.2, 0.25) is 0 Å². The van der Waals surface area contributed by atoms with E-state index in [-0.39, 0.29) is 26.1 Å². The molecule has 0 spiro atoms. The van der Waals surface area contributed by atoms with Gasteiger partial charge in [-0.15, -0.1) is 0 Å². The van der Waals surface area contributed by atoms with Gasteiger partial charge in [0.2, 0.25) is 0 Å². The molecule has 2 rings (SSSR count). The van der Waals surface area contributed by atoms with Crippen LogP contribution in [0.4, 0.5) is 9.59 Å². The fourth-order valence-corrected chi connectivity index (χ4v) is 2.93. The Labute approximate surface area is 197 Å². The van der Waals surface area contributed by atoms with Crippen LogP contribution in [-0.2, 0) is 41.8 Å². The van der Waals surface area contributed by atoms with Gasteiger partial charge in [0, 0.05) is 0 Å². The highest BCUT2D eigenvalue weighted by molar-refractivity contribution is 5.83. The smallest absolute Gasteiger partial charge is 0.408 e. The molecule has 0 saturated heterocycles. The maximum Gasteiger partial charge on any atom is 0.408 e. The van der Waals surface area contributed by atoms with Crippen molar-refractivity contribution < 1.29 is 38.1 Å². The van der Waals surface area contributed by atoms with Gasteiger partial charge < -0.3 is 29.6 Å². The summed E-state index contributed by atoms with van der Waals surface area (Å²) in [6.45, 7) is 0.0281. The molecular formula is C24H28N2O8. The quantitative estimate of drug-likeness (QED) is 0.377. The molecule has 0 aromatic heterocycles. The number of alkyl carbamates (subject to hydrolysis) is 2. The zero-order chi connectivity index (χ0) is 24.8. The van der Waals surface area contributed by atoms with Gasteiger partial charge in [-0.1, -0.05) is 60.7 Å². The maximum atomic E-state index is 12.2. The Kier molecular flexibility index (Phi) is 10.9. The molecule has 0 unspecified atom stereocenters. The zero-order valence-corrected chi connectivity index (χ0v) is 19.0. The molecule has 0 aliphatic heterocycles. The van der Waals surface area contributed by atoms with Crippen molar-refractivity contribution in [2.45, 2.75) is 38.1 Å². The van der Waals surface area contributed by atoms with Gasteiger partial charge in [0.25, 0.3) is 0 Å². The van der Waals surface area contributed by atoms with Gasteiger partial charge in [-0.2, -0.15) is 0 Å². The number of methoxy groups -OCH3 is 2. The minimum atomic E-state index is -1.11. The first-order chi connectivity index (χ1) is 16.4. The molecule has 2 aromatic rings. The molecule has 0 aliphatic rings. The second kappa shape index (κ2) is 14.1. The van der Waals surface area contributed by atoms with E-state index in [1.165, 1.54) is 14.2 Å². The maximum absolute atomic E-state index is 12.2. The second-order valence-electron chi connectivity index (χ2n) is 7.14. The van der Waals surface area contributed by atoms with E-state index in [4.69, 9.17) is 18.9 Å². The van der Waals surface area contributed by atoms with Crippen molar-refractivity contribution in [1.29, 1.82) is 0 Å². The molecule has 0 bridgehead atoms. The molecule has 10 nitrogen and oxygen atoms in total. The molecule has 0 fully saturated rings. The third kappa shape index (κ3) is 9.19. The highest BCUT2D eigenvalue weighted by Gasteiger charge is 2.28. The van der Waals surface area contributed by atoms with E-state index in [1.807, 2.05) is 12.1 Å². The number of benzene rings is 2. The average molecular weight is 472 g/mol. The average Bonchev–Trinajstić information content (AvgIpc) is 2.88. The van der Waals surface area contributed by atoms with Crippen molar-refractivity contribution in [2.75, 3.05) is 14.2 Å². The van der Waals surface area contributed by atoms with Gasteiger partial charge in [-0.25, -0.2) is 19.2 Å². The molecule has 34 heavy (non-hydrogen) atoms. The molecule has 182 valence electrons. The van der Waals surface area contributed by atoms with Crippen molar-refractivity contribution in [2.24, 2.45) is 0 Å². The number of amides is 2. The van der Waals surface area contributed by atoms with Crippen molar-refractivity contribution in [3.8, 4) is 0 Å². The molecule has 10 heteroatoms. The summed E-state index contributed by atoms with van der Waals surface area (Å²) >= 11 is 0. The Morgan fingerprint density at radius 2 is 1.00 bits per heavy atom. The largest absolute Gasteiger partial charge is 0.467 e. The van der Waals surface area contributed by atoms with E-state index >= 15 is 0 Å². The SMILES string of the molecule is COC(=O)[C@H](CC[C@H](NC(=O)OCc1ccccc1)C(=O)OC)NC(=O)OCc1ccccc1. The van der Waals surface area contributed by atoms with Crippen LogP contribution >= 0.6 is 0 Å². The minimum Gasteiger partial charge on any atom is -0.467 e. The number of rotatable bonds is 11. The first kappa shape index (κ1) is 26.2. The van der Waals surface area contributed by atoms with Gasteiger partial charge in [-0.05, 0) is 24.0 Å². The highest BCUT2D eigenvalue weighted by atomic mass is 16.6. The van der Waals surface area contributed by atoms with Gasteiger partial charge in [0.05, 0.1) is 14.2 Å². The Morgan fingerprint density at radius 1 is 0.647 bits per heavy atom. The lowest BCUT2D eigenvalue weighted by atomic mass is 10.1. The fraction of sp³-hybridized carbons (Fsp3) is 0.333. The third-order valence-corrected chi connectivity index (χ3v) is 4.73. The zero-order valence-electron chi connectivity index (χ0n) is 19.0. The van der Waals surface area contributed by atoms with Crippen molar-refractivity contribution in [3.63, 3.8) is 0 Å². The van der Waals surface area contributed by atoms with Crippen LogP contribution in [0.5, 0.6) is 0 Å². The molecule has 0 heterocycles. The van der Waals surface area contributed by atoms with Crippen LogP contribution in [0.3, 0.4) is 0 Å². The van der Waals surface area contributed by atoms with Gasteiger partial charge in [-0.3, -0.25) is 0 Å². The van der Waals surface area contributed by atoms with Crippen LogP contribution in [-0.4, -0.2) is 50.4 Å². The first-order valence-electron chi connectivity index (χ1n) is 10.5. The summed E-state index contributed by atoms with van der Waals surface area (Å²) in [6, 6.07) is 15.8. The number of esters is 2. The van der Waals surface area contributed by atoms with Crippen LogP contribution in [0.15, 0.2) is 60.7 Å². The number of carbonyl (C=O) groups is 4. The Hall–Kier alpha value is -4.08. The molecule has 0 saturated carbocycles. The summed E-state index contributed by atoms with van der Waals surface area (Å²) in [4.78, 5) is 48.6. The fourth-order valence-electron chi connectivity index (χ4n) is 2.93. The van der Waals surface area contributed by atoms with Crippen molar-refractivity contribution in [1.82, 2.24) is 10.6 Å². The van der Waals surface area contributed by atoms with Crippen LogP contribution in [0, 0.1) is 0 Å². The van der Waals surface area contributed by atoms with Crippen LogP contribution < -0.4 is 10.6 Å². The van der Waals surface area contributed by atoms with E-state index in [0.29, 0.717) is 0 Å². The lowest BCUT2D eigenvalue weighted by Gasteiger charge is -2.20. The van der Waals surface area contributed by atoms with E-state index < -0.39 is 36.2 Å². The van der Waals surface area contributed by atoms with E-state index in [1.54, 1.807) is 48.5 Å². The lowest BCUT2D eigenvalue weighted by Crippen LogP contribution is -2.46. The highest BCUT2D eigenvalue weighted by Crippen LogP contribution is 2.08. The van der Waals surface area contributed by atoms with Gasteiger partial charge in [0.1, 0.15) is 25.3 Å². The van der Waals surface area contributed by atoms with Crippen molar-refractivity contribution >= 4 is 24.1 Å². The van der Waals surface area contributed by atoms with E-state index in [2.05, 4.69) is 10.6 Å². The monoisotopic (exact) mass is 472 g/mol.